The predicted octanol–water partition coefficient (Wildman–Crippen LogP) is 3.88. The van der Waals surface area contributed by atoms with E-state index in [-0.39, 0.29) is 24.2 Å². The number of nitrogens with zero attached hydrogens (tertiary/aromatic N) is 1. The fourth-order valence-corrected chi connectivity index (χ4v) is 2.99. The zero-order chi connectivity index (χ0) is 15.7. The van der Waals surface area contributed by atoms with Gasteiger partial charge < -0.3 is 0 Å². The quantitative estimate of drug-likeness (QED) is 0.781. The highest BCUT2D eigenvalue weighted by Gasteiger charge is 2.39. The summed E-state index contributed by atoms with van der Waals surface area (Å²) in [4.78, 5) is 26.1. The van der Waals surface area contributed by atoms with E-state index >= 15 is 0 Å². The zero-order valence-corrected chi connectivity index (χ0v) is 13.8. The third-order valence-electron chi connectivity index (χ3n) is 3.93. The van der Waals surface area contributed by atoms with Crippen molar-refractivity contribution < 1.29 is 9.59 Å². The molecule has 2 aromatic rings. The summed E-state index contributed by atoms with van der Waals surface area (Å²) in [6.45, 7) is 1.98. The number of carbonyl (C=O) groups excluding carboxylic acids is 2. The molecule has 4 heteroatoms. The van der Waals surface area contributed by atoms with Crippen molar-refractivity contribution in [1.29, 1.82) is 0 Å². The average Bonchev–Trinajstić information content (AvgIpc) is 2.77. The number of hydrogen-bond donors (Lipinski definition) is 0. The van der Waals surface area contributed by atoms with E-state index in [1.54, 1.807) is 0 Å². The first kappa shape index (κ1) is 15.0. The Labute approximate surface area is 138 Å². The molecular formula is C18H16BrNO2. The Bertz CT molecular complexity index is 707. The highest BCUT2D eigenvalue weighted by atomic mass is 79.9. The van der Waals surface area contributed by atoms with Crippen LogP contribution in [0, 0.1) is 12.8 Å². The van der Waals surface area contributed by atoms with Gasteiger partial charge in [0.05, 0.1) is 11.6 Å². The first-order valence-corrected chi connectivity index (χ1v) is 8.02. The smallest absolute Gasteiger partial charge is 0.237 e. The SMILES string of the molecule is Cc1ccc(N2C(=O)C[C@@H](Cc3ccc(Br)cc3)C2=O)cc1. The van der Waals surface area contributed by atoms with Crippen LogP contribution in [-0.4, -0.2) is 11.8 Å². The summed E-state index contributed by atoms with van der Waals surface area (Å²) in [5.74, 6) is -0.484. The van der Waals surface area contributed by atoms with Gasteiger partial charge in [-0.3, -0.25) is 14.5 Å². The van der Waals surface area contributed by atoms with Gasteiger partial charge in [-0.2, -0.15) is 0 Å². The number of anilines is 1. The molecule has 1 heterocycles. The van der Waals surface area contributed by atoms with Crippen LogP contribution in [0.2, 0.25) is 0 Å². The monoisotopic (exact) mass is 357 g/mol. The van der Waals surface area contributed by atoms with E-state index in [1.165, 1.54) is 4.90 Å². The largest absolute Gasteiger partial charge is 0.274 e. The minimum absolute atomic E-state index is 0.100. The number of benzene rings is 2. The van der Waals surface area contributed by atoms with Crippen LogP contribution in [0.15, 0.2) is 53.0 Å². The number of imide groups is 1. The Morgan fingerprint density at radius 2 is 1.68 bits per heavy atom. The molecule has 2 amide bonds. The van der Waals surface area contributed by atoms with Crippen molar-refractivity contribution in [3.05, 3.63) is 64.1 Å². The lowest BCUT2D eigenvalue weighted by atomic mass is 9.98. The molecule has 1 saturated heterocycles. The fraction of sp³-hybridized carbons (Fsp3) is 0.222. The van der Waals surface area contributed by atoms with E-state index in [9.17, 15) is 9.59 Å². The van der Waals surface area contributed by atoms with Gasteiger partial charge in [0, 0.05) is 10.9 Å². The van der Waals surface area contributed by atoms with Crippen LogP contribution in [0.3, 0.4) is 0 Å². The molecule has 22 heavy (non-hydrogen) atoms. The second kappa shape index (κ2) is 6.05. The van der Waals surface area contributed by atoms with Crippen molar-refractivity contribution in [3.63, 3.8) is 0 Å². The van der Waals surface area contributed by atoms with Gasteiger partial charge >= 0.3 is 0 Å². The van der Waals surface area contributed by atoms with Crippen LogP contribution in [0.4, 0.5) is 5.69 Å². The molecule has 3 nitrogen and oxygen atoms in total. The summed E-state index contributed by atoms with van der Waals surface area (Å²) in [6, 6.07) is 15.4. The zero-order valence-electron chi connectivity index (χ0n) is 12.3. The molecule has 1 fully saturated rings. The lowest BCUT2D eigenvalue weighted by molar-refractivity contribution is -0.122. The summed E-state index contributed by atoms with van der Waals surface area (Å²) >= 11 is 3.40. The van der Waals surface area contributed by atoms with Gasteiger partial charge in [0.25, 0.3) is 0 Å². The molecule has 2 aromatic carbocycles. The topological polar surface area (TPSA) is 37.4 Å². The Balaban J connectivity index is 1.79. The Hall–Kier alpha value is -1.94. The highest BCUT2D eigenvalue weighted by molar-refractivity contribution is 9.10. The molecule has 0 unspecified atom stereocenters. The van der Waals surface area contributed by atoms with Gasteiger partial charge in [-0.25, -0.2) is 0 Å². The molecule has 1 atom stereocenters. The Kier molecular flexibility index (Phi) is 4.12. The lowest BCUT2D eigenvalue weighted by Crippen LogP contribution is -2.30. The highest BCUT2D eigenvalue weighted by Crippen LogP contribution is 2.29. The fourth-order valence-electron chi connectivity index (χ4n) is 2.72. The number of halogens is 1. The maximum Gasteiger partial charge on any atom is 0.237 e. The Morgan fingerprint density at radius 1 is 1.05 bits per heavy atom. The van der Waals surface area contributed by atoms with E-state index < -0.39 is 0 Å². The summed E-state index contributed by atoms with van der Waals surface area (Å²) in [5.41, 5.74) is 2.84. The van der Waals surface area contributed by atoms with Crippen LogP contribution in [-0.2, 0) is 16.0 Å². The van der Waals surface area contributed by atoms with Crippen molar-refractivity contribution >= 4 is 33.4 Å². The molecule has 0 N–H and O–H groups in total. The summed E-state index contributed by atoms with van der Waals surface area (Å²) in [7, 11) is 0. The number of aryl methyl sites for hydroxylation is 1. The van der Waals surface area contributed by atoms with Gasteiger partial charge in [-0.15, -0.1) is 0 Å². The molecule has 112 valence electrons. The van der Waals surface area contributed by atoms with Gasteiger partial charge in [0.2, 0.25) is 11.8 Å². The van der Waals surface area contributed by atoms with Gasteiger partial charge in [0.1, 0.15) is 0 Å². The van der Waals surface area contributed by atoms with Crippen LogP contribution < -0.4 is 4.90 Å². The van der Waals surface area contributed by atoms with Crippen molar-refractivity contribution in [2.75, 3.05) is 4.90 Å². The minimum Gasteiger partial charge on any atom is -0.274 e. The number of rotatable bonds is 3. The van der Waals surface area contributed by atoms with E-state index in [4.69, 9.17) is 0 Å². The normalized spacial score (nSPS) is 18.1. The van der Waals surface area contributed by atoms with Gasteiger partial charge in [0.15, 0.2) is 0 Å². The van der Waals surface area contributed by atoms with E-state index in [0.717, 1.165) is 15.6 Å². The number of amides is 2. The van der Waals surface area contributed by atoms with Crippen LogP contribution in [0.5, 0.6) is 0 Å². The van der Waals surface area contributed by atoms with Crippen LogP contribution in [0.1, 0.15) is 17.5 Å². The molecule has 3 rings (SSSR count). The van der Waals surface area contributed by atoms with Crippen molar-refractivity contribution in [1.82, 2.24) is 0 Å². The van der Waals surface area contributed by atoms with E-state index in [0.29, 0.717) is 12.1 Å². The Morgan fingerprint density at radius 3 is 2.32 bits per heavy atom. The maximum absolute atomic E-state index is 12.6. The number of hydrogen-bond acceptors (Lipinski definition) is 2. The van der Waals surface area contributed by atoms with Crippen molar-refractivity contribution in [2.45, 2.75) is 19.8 Å². The second-order valence-corrected chi connectivity index (χ2v) is 6.55. The molecule has 0 radical (unpaired) electrons. The standard InChI is InChI=1S/C18H16BrNO2/c1-12-2-8-16(9-3-12)20-17(21)11-14(18(20)22)10-13-4-6-15(19)7-5-13/h2-9,14H,10-11H2,1H3/t14-/m1/s1. The molecule has 0 aromatic heterocycles. The molecule has 1 aliphatic rings. The third kappa shape index (κ3) is 2.97. The lowest BCUT2D eigenvalue weighted by Gasteiger charge is -2.15. The molecule has 0 spiro atoms. The van der Waals surface area contributed by atoms with Crippen LogP contribution in [0.25, 0.3) is 0 Å². The van der Waals surface area contributed by atoms with Gasteiger partial charge in [-0.05, 0) is 43.2 Å². The minimum atomic E-state index is -0.269. The van der Waals surface area contributed by atoms with Gasteiger partial charge in [-0.1, -0.05) is 45.8 Å². The third-order valence-corrected chi connectivity index (χ3v) is 4.46. The molecule has 0 aliphatic carbocycles. The predicted molar refractivity (Wildman–Crippen MR) is 89.6 cm³/mol. The number of carbonyl (C=O) groups is 2. The van der Waals surface area contributed by atoms with Crippen LogP contribution >= 0.6 is 15.9 Å². The first-order valence-electron chi connectivity index (χ1n) is 7.22. The molecule has 1 aliphatic heterocycles. The molecule has 0 saturated carbocycles. The maximum atomic E-state index is 12.6. The average molecular weight is 358 g/mol. The van der Waals surface area contributed by atoms with Crippen molar-refractivity contribution in [3.8, 4) is 0 Å². The summed E-state index contributed by atoms with van der Waals surface area (Å²) in [6.07, 6.45) is 0.878. The van der Waals surface area contributed by atoms with E-state index in [1.807, 2.05) is 55.5 Å². The molecule has 0 bridgehead atoms. The first-order chi connectivity index (χ1) is 10.5. The summed E-state index contributed by atoms with van der Waals surface area (Å²) in [5, 5.41) is 0. The molecular weight excluding hydrogens is 342 g/mol. The summed E-state index contributed by atoms with van der Waals surface area (Å²) < 4.78 is 1.01. The van der Waals surface area contributed by atoms with Crippen molar-refractivity contribution in [2.24, 2.45) is 5.92 Å². The second-order valence-electron chi connectivity index (χ2n) is 5.63. The van der Waals surface area contributed by atoms with E-state index in [2.05, 4.69) is 15.9 Å².